The molecule has 2 aromatic carbocycles. The Bertz CT molecular complexity index is 1910. The van der Waals surface area contributed by atoms with Gasteiger partial charge >= 0.3 is 35.8 Å². The second-order valence-corrected chi connectivity index (χ2v) is 13.9. The Balaban J connectivity index is 1.91. The molecule has 1 N–H and O–H groups in total. The van der Waals surface area contributed by atoms with Gasteiger partial charge in [-0.05, 0) is 23.2 Å². The SMILES string of the molecule is C=CCO[C@H]1O[C@H](COCc2ccccc2)[C@H](O)[C@H](O[C@]2(C(=O)OC)C[C@H](OC(C)=O)[C@@H](N=[N+]=[N-])[C@H]([C@H](OC(C)=O)[C@@H](COC(C)=O)OC(C)=O)O2)[C@H]1OC(=O)c1ccccc1. The maximum absolute atomic E-state index is 14.3. The van der Waals surface area contributed by atoms with Crippen LogP contribution in [-0.4, -0.2) is 135 Å². The van der Waals surface area contributed by atoms with Gasteiger partial charge in [0.1, 0.15) is 43.2 Å². The minimum Gasteiger partial charge on any atom is -0.465 e. The predicted molar refractivity (Wildman–Crippen MR) is 208 cm³/mol. The Morgan fingerprint density at radius 1 is 0.935 bits per heavy atom. The molecule has 62 heavy (non-hydrogen) atoms. The number of methoxy groups -OCH3 is 1. The highest BCUT2D eigenvalue weighted by Crippen LogP contribution is 2.41. The number of nitrogens with zero attached hydrogens (tertiary/aromatic N) is 3. The molecule has 0 amide bonds. The zero-order chi connectivity index (χ0) is 45.4. The van der Waals surface area contributed by atoms with Gasteiger partial charge in [0.2, 0.25) is 0 Å². The van der Waals surface area contributed by atoms with Crippen molar-refractivity contribution in [3.8, 4) is 0 Å². The molecule has 2 saturated heterocycles. The van der Waals surface area contributed by atoms with Crippen LogP contribution in [0.3, 0.4) is 0 Å². The van der Waals surface area contributed by atoms with Crippen molar-refractivity contribution >= 4 is 35.8 Å². The lowest BCUT2D eigenvalue weighted by Gasteiger charge is -2.50. The first-order chi connectivity index (χ1) is 29.6. The van der Waals surface area contributed by atoms with Crippen LogP contribution in [0, 0.1) is 0 Å². The molecule has 21 heteroatoms. The first-order valence-corrected chi connectivity index (χ1v) is 19.2. The van der Waals surface area contributed by atoms with Crippen molar-refractivity contribution in [2.75, 3.05) is 26.9 Å². The van der Waals surface area contributed by atoms with Crippen molar-refractivity contribution in [2.24, 2.45) is 5.11 Å². The lowest BCUT2D eigenvalue weighted by molar-refractivity contribution is -0.368. The molecule has 2 aliphatic heterocycles. The van der Waals surface area contributed by atoms with E-state index in [1.807, 2.05) is 6.07 Å². The minimum absolute atomic E-state index is 0.0637. The minimum atomic E-state index is -2.86. The van der Waals surface area contributed by atoms with Crippen LogP contribution in [-0.2, 0) is 82.7 Å². The number of hydrogen-bond acceptors (Lipinski definition) is 19. The summed E-state index contributed by atoms with van der Waals surface area (Å²) in [5.41, 5.74) is 10.6. The summed E-state index contributed by atoms with van der Waals surface area (Å²) in [4.78, 5) is 80.5. The molecule has 0 radical (unpaired) electrons. The number of ether oxygens (including phenoxy) is 11. The van der Waals surface area contributed by atoms with Crippen LogP contribution in [0.1, 0.15) is 50.0 Å². The Morgan fingerprint density at radius 2 is 1.60 bits per heavy atom. The first-order valence-electron chi connectivity index (χ1n) is 19.2. The smallest absolute Gasteiger partial charge is 0.366 e. The monoisotopic (exact) mass is 871 g/mol. The van der Waals surface area contributed by atoms with Gasteiger partial charge < -0.3 is 57.2 Å². The molecular weight excluding hydrogens is 822 g/mol. The van der Waals surface area contributed by atoms with E-state index in [4.69, 9.17) is 52.1 Å². The Morgan fingerprint density at radius 3 is 2.18 bits per heavy atom. The van der Waals surface area contributed by atoms with Gasteiger partial charge in [0.15, 0.2) is 24.6 Å². The first kappa shape index (κ1) is 48.7. The molecule has 336 valence electrons. The Kier molecular flexibility index (Phi) is 18.3. The van der Waals surface area contributed by atoms with Crippen molar-refractivity contribution in [3.05, 3.63) is 94.9 Å². The summed E-state index contributed by atoms with van der Waals surface area (Å²) < 4.78 is 63.5. The molecule has 0 unspecified atom stereocenters. The fourth-order valence-corrected chi connectivity index (χ4v) is 6.72. The van der Waals surface area contributed by atoms with Crippen LogP contribution in [0.2, 0.25) is 0 Å². The van der Waals surface area contributed by atoms with Gasteiger partial charge in [0.25, 0.3) is 5.79 Å². The molecule has 0 aliphatic carbocycles. The molecule has 4 rings (SSSR count). The molecule has 0 bridgehead atoms. The fourth-order valence-electron chi connectivity index (χ4n) is 6.72. The van der Waals surface area contributed by atoms with E-state index in [0.717, 1.165) is 40.4 Å². The summed E-state index contributed by atoms with van der Waals surface area (Å²) >= 11 is 0. The zero-order valence-electron chi connectivity index (χ0n) is 34.6. The van der Waals surface area contributed by atoms with Crippen LogP contribution < -0.4 is 0 Å². The summed E-state index contributed by atoms with van der Waals surface area (Å²) in [5.74, 6) is -8.93. The van der Waals surface area contributed by atoms with Crippen LogP contribution in [0.15, 0.2) is 78.4 Å². The average Bonchev–Trinajstić information content (AvgIpc) is 3.23. The van der Waals surface area contributed by atoms with Gasteiger partial charge in [-0.2, -0.15) is 0 Å². The number of esters is 6. The van der Waals surface area contributed by atoms with Crippen molar-refractivity contribution in [3.63, 3.8) is 0 Å². The topological polar surface area (TPSA) is 273 Å². The summed E-state index contributed by atoms with van der Waals surface area (Å²) in [6, 6.07) is 15.0. The summed E-state index contributed by atoms with van der Waals surface area (Å²) in [7, 11) is 0.946. The molecular formula is C41H49N3O18. The summed E-state index contributed by atoms with van der Waals surface area (Å²) in [6.07, 6.45) is -15.1. The zero-order valence-corrected chi connectivity index (χ0v) is 34.6. The molecule has 21 nitrogen and oxygen atoms in total. The van der Waals surface area contributed by atoms with E-state index >= 15 is 0 Å². The van der Waals surface area contributed by atoms with Gasteiger partial charge in [-0.15, -0.1) is 6.58 Å². The highest BCUT2D eigenvalue weighted by atomic mass is 16.8. The molecule has 0 saturated carbocycles. The third-order valence-corrected chi connectivity index (χ3v) is 9.24. The quantitative estimate of drug-likeness (QED) is 0.0500. The largest absolute Gasteiger partial charge is 0.465 e. The number of azide groups is 1. The van der Waals surface area contributed by atoms with Gasteiger partial charge in [-0.25, -0.2) is 9.59 Å². The van der Waals surface area contributed by atoms with E-state index in [9.17, 15) is 39.4 Å². The highest BCUT2D eigenvalue weighted by molar-refractivity contribution is 5.89. The molecule has 11 atom stereocenters. The third-order valence-electron chi connectivity index (χ3n) is 9.24. The van der Waals surface area contributed by atoms with Gasteiger partial charge in [-0.3, -0.25) is 19.2 Å². The number of rotatable bonds is 20. The number of aliphatic hydroxyl groups excluding tert-OH is 1. The predicted octanol–water partition coefficient (Wildman–Crippen LogP) is 2.80. The third kappa shape index (κ3) is 13.3. The molecule has 2 heterocycles. The van der Waals surface area contributed by atoms with Gasteiger partial charge in [-0.1, -0.05) is 59.7 Å². The molecule has 0 spiro atoms. The number of benzene rings is 2. The van der Waals surface area contributed by atoms with E-state index in [1.165, 1.54) is 18.2 Å². The van der Waals surface area contributed by atoms with E-state index in [2.05, 4.69) is 16.6 Å². The molecule has 2 fully saturated rings. The van der Waals surface area contributed by atoms with Crippen LogP contribution in [0.5, 0.6) is 0 Å². The maximum atomic E-state index is 14.3. The Labute approximate surface area is 356 Å². The van der Waals surface area contributed by atoms with Gasteiger partial charge in [0, 0.05) is 32.6 Å². The van der Waals surface area contributed by atoms with Crippen LogP contribution in [0.25, 0.3) is 10.4 Å². The second kappa shape index (κ2) is 23.3. The lowest BCUT2D eigenvalue weighted by Crippen LogP contribution is -2.69. The number of carbonyl (C=O) groups is 6. The van der Waals surface area contributed by atoms with Gasteiger partial charge in [0.05, 0.1) is 38.9 Å². The highest BCUT2D eigenvalue weighted by Gasteiger charge is 2.62. The van der Waals surface area contributed by atoms with Crippen molar-refractivity contribution in [1.29, 1.82) is 0 Å². The van der Waals surface area contributed by atoms with E-state index in [0.29, 0.717) is 0 Å². The normalized spacial score (nSPS) is 26.5. The standard InChI is InChI=1S/C41H49N3O18/c1-7-18-54-39-37(60-38(50)28-16-12-9-13-17-28)36(33(49)30(59-39)21-53-20-27-14-10-8-11-15-27)62-41(40(51)52-6)19-29(56-24(3)46)32(43-44-42)35(61-41)34(58-26(5)48)31(57-25(4)47)22-55-23(2)45/h7-17,29-37,39,49H,1,18-22H2,2-6H3/t29-,30+,31+,32+,33-,34+,35+,36-,37+,39-,41-/m0/s1. The maximum Gasteiger partial charge on any atom is 0.366 e. The van der Waals surface area contributed by atoms with Crippen molar-refractivity contribution in [1.82, 2.24) is 0 Å². The molecule has 0 aromatic heterocycles. The average molecular weight is 872 g/mol. The van der Waals surface area contributed by atoms with Crippen LogP contribution in [0.4, 0.5) is 0 Å². The second-order valence-electron chi connectivity index (χ2n) is 13.9. The number of aliphatic hydroxyl groups is 1. The van der Waals surface area contributed by atoms with Crippen molar-refractivity contribution < 1.29 is 86.0 Å². The summed E-state index contributed by atoms with van der Waals surface area (Å²) in [5, 5.41) is 15.9. The molecule has 2 aliphatic rings. The number of hydrogen-bond donors (Lipinski definition) is 1. The van der Waals surface area contributed by atoms with Crippen molar-refractivity contribution in [2.45, 2.75) is 108 Å². The van der Waals surface area contributed by atoms with Crippen LogP contribution >= 0.6 is 0 Å². The Hall–Kier alpha value is -5.93. The molecule has 2 aromatic rings. The number of carbonyl (C=O) groups excluding carboxylic acids is 6. The van der Waals surface area contributed by atoms with E-state index in [1.54, 1.807) is 42.5 Å². The van der Waals surface area contributed by atoms with E-state index in [-0.39, 0.29) is 25.4 Å². The summed E-state index contributed by atoms with van der Waals surface area (Å²) in [6.45, 7) is 6.49. The van der Waals surface area contributed by atoms with E-state index < -0.39 is 116 Å². The fraction of sp³-hybridized carbons (Fsp3) is 0.512. The lowest BCUT2D eigenvalue weighted by atomic mass is 9.88.